The fraction of sp³-hybridized carbons (Fsp3) is 0.960. The summed E-state index contributed by atoms with van der Waals surface area (Å²) in [6.45, 7) is -0.439. The lowest BCUT2D eigenvalue weighted by atomic mass is 9.95. The van der Waals surface area contributed by atoms with E-state index in [1.165, 1.54) is 6.92 Å². The van der Waals surface area contributed by atoms with E-state index in [1.54, 1.807) is 0 Å². The van der Waals surface area contributed by atoms with Crippen LogP contribution in [0.2, 0.25) is 0 Å². The van der Waals surface area contributed by atoms with Gasteiger partial charge in [-0.1, -0.05) is 0 Å². The molecular weight excluding hydrogens is 636 g/mol. The van der Waals surface area contributed by atoms with Crippen LogP contribution in [-0.4, -0.2) is 210 Å². The highest BCUT2D eigenvalue weighted by molar-refractivity contribution is 5.75. The van der Waals surface area contributed by atoms with Gasteiger partial charge in [-0.15, -0.1) is 0 Å². The normalized spacial score (nSPS) is 51.9. The number of esters is 1. The third-order valence-electron chi connectivity index (χ3n) is 8.32. The molecule has 46 heavy (non-hydrogen) atoms. The highest BCUT2D eigenvalue weighted by atomic mass is 16.8. The van der Waals surface area contributed by atoms with Crippen LogP contribution in [0.3, 0.4) is 0 Å². The first-order valence-corrected chi connectivity index (χ1v) is 14.3. The molecule has 268 valence electrons. The SMILES string of the molecule is COC(=O)[C@H]1OC(O)[C@@H](O[C@@H]2O[C@H](CO)[C@H](O[C@@H]3O[C@H](CO)[C@@H](O)[C@H](O)[C@H]3O)[C@H](O)[C@H]2O[C@@H]2O[C@@H](C)[C@H](O)[C@@H](O)[C@H]2O)[C@@H](O)[C@@H]1O. The minimum absolute atomic E-state index is 0.820. The molecule has 4 saturated heterocycles. The lowest BCUT2D eigenvalue weighted by Gasteiger charge is -2.49. The van der Waals surface area contributed by atoms with Crippen LogP contribution < -0.4 is 0 Å². The number of aliphatic hydroxyl groups is 12. The van der Waals surface area contributed by atoms with E-state index in [0.29, 0.717) is 0 Å². The quantitative estimate of drug-likeness (QED) is 0.101. The van der Waals surface area contributed by atoms with Crippen LogP contribution in [0.15, 0.2) is 0 Å². The molecule has 0 amide bonds. The molecule has 21 heteroatoms. The highest BCUT2D eigenvalue weighted by Gasteiger charge is 2.56. The maximum atomic E-state index is 11.9. The molecule has 0 bridgehead atoms. The minimum atomic E-state index is -2.13. The van der Waals surface area contributed by atoms with Gasteiger partial charge in [0.2, 0.25) is 0 Å². The van der Waals surface area contributed by atoms with Gasteiger partial charge in [-0.05, 0) is 6.92 Å². The number of hydrogen-bond acceptors (Lipinski definition) is 21. The molecule has 4 heterocycles. The molecule has 0 aromatic rings. The zero-order valence-corrected chi connectivity index (χ0v) is 24.5. The summed E-state index contributed by atoms with van der Waals surface area (Å²) in [7, 11) is 0.967. The summed E-state index contributed by atoms with van der Waals surface area (Å²) in [5, 5.41) is 124. The molecular formula is C25H42O21. The van der Waals surface area contributed by atoms with Gasteiger partial charge in [0.15, 0.2) is 31.3 Å². The molecule has 1 unspecified atom stereocenters. The summed E-state index contributed by atoms with van der Waals surface area (Å²) in [6.07, 6.45) is -36.3. The Labute approximate surface area is 260 Å². The monoisotopic (exact) mass is 678 g/mol. The second-order valence-electron chi connectivity index (χ2n) is 11.3. The van der Waals surface area contributed by atoms with Gasteiger partial charge in [-0.2, -0.15) is 0 Å². The predicted octanol–water partition coefficient (Wildman–Crippen LogP) is -8.54. The van der Waals surface area contributed by atoms with Crippen molar-refractivity contribution in [3.05, 3.63) is 0 Å². The van der Waals surface area contributed by atoms with Crippen molar-refractivity contribution in [1.82, 2.24) is 0 Å². The van der Waals surface area contributed by atoms with Crippen molar-refractivity contribution in [2.75, 3.05) is 20.3 Å². The lowest BCUT2D eigenvalue weighted by molar-refractivity contribution is -0.402. The van der Waals surface area contributed by atoms with E-state index < -0.39 is 142 Å². The molecule has 0 aliphatic carbocycles. The molecule has 0 radical (unpaired) electrons. The zero-order chi connectivity index (χ0) is 34.2. The Morgan fingerprint density at radius 2 is 1.07 bits per heavy atom. The minimum Gasteiger partial charge on any atom is -0.467 e. The van der Waals surface area contributed by atoms with Gasteiger partial charge in [0.25, 0.3) is 0 Å². The fourth-order valence-electron chi connectivity index (χ4n) is 5.54. The first-order valence-electron chi connectivity index (χ1n) is 14.3. The number of carbonyl (C=O) groups excluding carboxylic acids is 1. The van der Waals surface area contributed by atoms with Crippen molar-refractivity contribution in [3.63, 3.8) is 0 Å². The Morgan fingerprint density at radius 3 is 1.65 bits per heavy atom. The van der Waals surface area contributed by atoms with Crippen molar-refractivity contribution >= 4 is 5.97 Å². The molecule has 20 atom stereocenters. The third-order valence-corrected chi connectivity index (χ3v) is 8.32. The largest absolute Gasteiger partial charge is 0.467 e. The summed E-state index contributed by atoms with van der Waals surface area (Å²) in [6, 6.07) is 0. The van der Waals surface area contributed by atoms with Gasteiger partial charge in [-0.25, -0.2) is 4.79 Å². The van der Waals surface area contributed by atoms with Gasteiger partial charge in [-0.3, -0.25) is 0 Å². The summed E-state index contributed by atoms with van der Waals surface area (Å²) < 4.78 is 43.0. The van der Waals surface area contributed by atoms with E-state index in [0.717, 1.165) is 7.11 Å². The lowest BCUT2D eigenvalue weighted by Crippen LogP contribution is -2.68. The second kappa shape index (κ2) is 15.5. The average Bonchev–Trinajstić information content (AvgIpc) is 3.04. The predicted molar refractivity (Wildman–Crippen MR) is 137 cm³/mol. The number of carbonyl (C=O) groups is 1. The Balaban J connectivity index is 1.62. The van der Waals surface area contributed by atoms with Gasteiger partial charge >= 0.3 is 5.97 Å². The molecule has 0 aromatic heterocycles. The van der Waals surface area contributed by atoms with E-state index in [1.807, 2.05) is 0 Å². The van der Waals surface area contributed by atoms with Crippen molar-refractivity contribution in [2.45, 2.75) is 130 Å². The standard InChI is InChI=1S/C25H42O21/c1-5-8(28)10(30)14(34)23(40-5)46-20-16(36)17(44-24-15(35)11(31)9(29)6(3-26)41-24)7(4-27)42-25(20)45-19-13(33)12(32)18(21(37)39-2)43-22(19)38/h5-20,22-36,38H,3-4H2,1-2H3/t5-,6+,7+,8-,9+,10+,11-,12-,13-,14+,15+,16-,17-,18-,19-,20+,22?,23-,24-,25-/m0/s1. The van der Waals surface area contributed by atoms with E-state index in [2.05, 4.69) is 4.74 Å². The summed E-state index contributed by atoms with van der Waals surface area (Å²) in [5.74, 6) is -1.14. The number of methoxy groups -OCH3 is 1. The van der Waals surface area contributed by atoms with Gasteiger partial charge in [0, 0.05) is 0 Å². The second-order valence-corrected chi connectivity index (χ2v) is 11.3. The van der Waals surface area contributed by atoms with Crippen LogP contribution in [0.5, 0.6) is 0 Å². The van der Waals surface area contributed by atoms with Crippen LogP contribution in [0.4, 0.5) is 0 Å². The van der Waals surface area contributed by atoms with E-state index in [-0.39, 0.29) is 0 Å². The maximum absolute atomic E-state index is 11.9. The van der Waals surface area contributed by atoms with Crippen LogP contribution in [0.25, 0.3) is 0 Å². The van der Waals surface area contributed by atoms with E-state index >= 15 is 0 Å². The van der Waals surface area contributed by atoms with Crippen LogP contribution >= 0.6 is 0 Å². The van der Waals surface area contributed by atoms with Crippen LogP contribution in [0.1, 0.15) is 6.92 Å². The van der Waals surface area contributed by atoms with E-state index in [9.17, 15) is 66.1 Å². The number of rotatable bonds is 9. The molecule has 0 aromatic carbocycles. The third kappa shape index (κ3) is 7.33. The van der Waals surface area contributed by atoms with Crippen LogP contribution in [-0.2, 0) is 42.7 Å². The summed E-state index contributed by atoms with van der Waals surface area (Å²) >= 11 is 0. The first kappa shape index (κ1) is 37.5. The van der Waals surface area contributed by atoms with Gasteiger partial charge in [0.1, 0.15) is 85.5 Å². The Bertz CT molecular complexity index is 989. The Hall–Kier alpha value is -1.29. The topological polar surface area (TPSA) is 334 Å². The maximum Gasteiger partial charge on any atom is 0.337 e. The Kier molecular flexibility index (Phi) is 12.6. The average molecular weight is 679 g/mol. The van der Waals surface area contributed by atoms with Crippen molar-refractivity contribution in [2.24, 2.45) is 0 Å². The molecule has 4 rings (SSSR count). The van der Waals surface area contributed by atoms with Crippen LogP contribution in [0, 0.1) is 0 Å². The highest BCUT2D eigenvalue weighted by Crippen LogP contribution is 2.35. The zero-order valence-electron chi connectivity index (χ0n) is 24.5. The number of aliphatic hydroxyl groups excluding tert-OH is 12. The molecule has 0 saturated carbocycles. The molecule has 12 N–H and O–H groups in total. The van der Waals surface area contributed by atoms with Gasteiger partial charge < -0.3 is 99.2 Å². The summed E-state index contributed by atoms with van der Waals surface area (Å²) in [5.41, 5.74) is 0. The Morgan fingerprint density at radius 1 is 0.543 bits per heavy atom. The fourth-order valence-corrected chi connectivity index (χ4v) is 5.54. The van der Waals surface area contributed by atoms with Crippen molar-refractivity contribution in [1.29, 1.82) is 0 Å². The van der Waals surface area contributed by atoms with Gasteiger partial charge in [0.05, 0.1) is 26.4 Å². The molecule has 4 aliphatic heterocycles. The molecule has 4 aliphatic rings. The van der Waals surface area contributed by atoms with Crippen molar-refractivity contribution in [3.8, 4) is 0 Å². The molecule has 0 spiro atoms. The first-order chi connectivity index (χ1) is 21.7. The number of hydrogen-bond donors (Lipinski definition) is 12. The summed E-state index contributed by atoms with van der Waals surface area (Å²) in [4.78, 5) is 11.9. The molecule has 21 nitrogen and oxygen atoms in total. The van der Waals surface area contributed by atoms with Crippen molar-refractivity contribution < 1.29 is 104 Å². The number of ether oxygens (including phenoxy) is 8. The molecule has 4 fully saturated rings. The smallest absolute Gasteiger partial charge is 0.337 e. The van der Waals surface area contributed by atoms with E-state index in [4.69, 9.17) is 33.2 Å².